The van der Waals surface area contributed by atoms with Gasteiger partial charge in [-0.15, -0.1) is 0 Å². The predicted molar refractivity (Wildman–Crippen MR) is 69.3 cm³/mol. The molecule has 0 bridgehead atoms. The van der Waals surface area contributed by atoms with Gasteiger partial charge in [-0.25, -0.2) is 9.18 Å². The molecule has 19 heavy (non-hydrogen) atoms. The average Bonchev–Trinajstić information content (AvgIpc) is 2.39. The number of ether oxygens (including phenoxy) is 2. The Morgan fingerprint density at radius 1 is 1.26 bits per heavy atom. The minimum absolute atomic E-state index is 0.0628. The summed E-state index contributed by atoms with van der Waals surface area (Å²) in [7, 11) is 3.13. The van der Waals surface area contributed by atoms with Crippen LogP contribution >= 0.6 is 0 Å². The van der Waals surface area contributed by atoms with Gasteiger partial charge < -0.3 is 19.5 Å². The molecule has 0 radical (unpaired) electrons. The maximum absolute atomic E-state index is 13.1. The first-order chi connectivity index (χ1) is 9.10. The van der Waals surface area contributed by atoms with Crippen molar-refractivity contribution in [3.05, 3.63) is 29.6 Å². The SMILES string of the molecule is COCCN(CCOC)c1ccc(F)cc1C(=O)O. The van der Waals surface area contributed by atoms with E-state index in [0.717, 1.165) is 6.07 Å². The number of halogens is 1. The quantitative estimate of drug-likeness (QED) is 0.778. The van der Waals surface area contributed by atoms with E-state index in [1.807, 2.05) is 0 Å². The normalized spacial score (nSPS) is 10.5. The van der Waals surface area contributed by atoms with Gasteiger partial charge in [0.05, 0.1) is 24.5 Å². The minimum Gasteiger partial charge on any atom is -0.478 e. The molecule has 1 rings (SSSR count). The van der Waals surface area contributed by atoms with Crippen LogP contribution < -0.4 is 4.90 Å². The fourth-order valence-corrected chi connectivity index (χ4v) is 1.71. The zero-order chi connectivity index (χ0) is 14.3. The first-order valence-corrected chi connectivity index (χ1v) is 5.85. The summed E-state index contributed by atoms with van der Waals surface area (Å²) in [6.07, 6.45) is 0. The Balaban J connectivity index is 3.02. The number of carboxylic acid groups (broad SMARTS) is 1. The molecular weight excluding hydrogens is 253 g/mol. The van der Waals surface area contributed by atoms with Crippen molar-refractivity contribution in [2.45, 2.75) is 0 Å². The van der Waals surface area contributed by atoms with E-state index in [2.05, 4.69) is 0 Å². The fraction of sp³-hybridized carbons (Fsp3) is 0.462. The van der Waals surface area contributed by atoms with E-state index >= 15 is 0 Å². The monoisotopic (exact) mass is 271 g/mol. The van der Waals surface area contributed by atoms with Crippen molar-refractivity contribution >= 4 is 11.7 Å². The zero-order valence-electron chi connectivity index (χ0n) is 11.1. The molecule has 106 valence electrons. The van der Waals surface area contributed by atoms with Crippen molar-refractivity contribution in [3.63, 3.8) is 0 Å². The topological polar surface area (TPSA) is 59.0 Å². The number of rotatable bonds is 8. The molecule has 0 heterocycles. The Labute approximate surface area is 111 Å². The largest absolute Gasteiger partial charge is 0.478 e. The lowest BCUT2D eigenvalue weighted by Crippen LogP contribution is -2.32. The Kier molecular flexibility index (Phi) is 6.24. The highest BCUT2D eigenvalue weighted by Crippen LogP contribution is 2.21. The minimum atomic E-state index is -1.16. The van der Waals surface area contributed by atoms with Gasteiger partial charge in [-0.05, 0) is 18.2 Å². The number of carboxylic acids is 1. The lowest BCUT2D eigenvalue weighted by Gasteiger charge is -2.25. The van der Waals surface area contributed by atoms with E-state index in [1.54, 1.807) is 19.1 Å². The van der Waals surface area contributed by atoms with E-state index in [-0.39, 0.29) is 5.56 Å². The first-order valence-electron chi connectivity index (χ1n) is 5.85. The van der Waals surface area contributed by atoms with Crippen LogP contribution in [0, 0.1) is 5.82 Å². The van der Waals surface area contributed by atoms with E-state index in [1.165, 1.54) is 12.1 Å². The van der Waals surface area contributed by atoms with Gasteiger partial charge in [-0.3, -0.25) is 0 Å². The van der Waals surface area contributed by atoms with Gasteiger partial charge in [-0.1, -0.05) is 0 Å². The molecule has 1 N–H and O–H groups in total. The highest BCUT2D eigenvalue weighted by Gasteiger charge is 2.16. The molecule has 1 aromatic carbocycles. The van der Waals surface area contributed by atoms with Gasteiger partial charge in [0.1, 0.15) is 5.82 Å². The number of hydrogen-bond donors (Lipinski definition) is 1. The number of anilines is 1. The number of methoxy groups -OCH3 is 2. The van der Waals surface area contributed by atoms with E-state index < -0.39 is 11.8 Å². The van der Waals surface area contributed by atoms with Crippen molar-refractivity contribution < 1.29 is 23.8 Å². The van der Waals surface area contributed by atoms with Crippen LogP contribution in [0.15, 0.2) is 18.2 Å². The molecule has 0 saturated carbocycles. The summed E-state index contributed by atoms with van der Waals surface area (Å²) in [5, 5.41) is 9.13. The summed E-state index contributed by atoms with van der Waals surface area (Å²) in [4.78, 5) is 13.0. The Bertz CT molecular complexity index is 417. The van der Waals surface area contributed by atoms with Gasteiger partial charge in [0.15, 0.2) is 0 Å². The lowest BCUT2D eigenvalue weighted by molar-refractivity contribution is 0.0696. The molecular formula is C13H18FNO4. The molecule has 1 aromatic rings. The van der Waals surface area contributed by atoms with Gasteiger partial charge in [0.25, 0.3) is 0 Å². The van der Waals surface area contributed by atoms with Crippen molar-refractivity contribution in [3.8, 4) is 0 Å². The number of carbonyl (C=O) groups is 1. The van der Waals surface area contributed by atoms with Gasteiger partial charge >= 0.3 is 5.97 Å². The zero-order valence-corrected chi connectivity index (χ0v) is 11.1. The highest BCUT2D eigenvalue weighted by atomic mass is 19.1. The van der Waals surface area contributed by atoms with Gasteiger partial charge in [0, 0.05) is 27.3 Å². The maximum Gasteiger partial charge on any atom is 0.337 e. The highest BCUT2D eigenvalue weighted by molar-refractivity contribution is 5.94. The third-order valence-corrected chi connectivity index (χ3v) is 2.66. The van der Waals surface area contributed by atoms with E-state index in [0.29, 0.717) is 32.0 Å². The molecule has 0 unspecified atom stereocenters. The van der Waals surface area contributed by atoms with Crippen LogP contribution in [0.3, 0.4) is 0 Å². The molecule has 0 aliphatic carbocycles. The number of nitrogens with zero attached hydrogens (tertiary/aromatic N) is 1. The lowest BCUT2D eigenvalue weighted by atomic mass is 10.1. The number of hydrogen-bond acceptors (Lipinski definition) is 4. The van der Waals surface area contributed by atoms with Crippen LogP contribution in [0.2, 0.25) is 0 Å². The van der Waals surface area contributed by atoms with Gasteiger partial charge in [-0.2, -0.15) is 0 Å². The smallest absolute Gasteiger partial charge is 0.337 e. The number of aromatic carboxylic acids is 1. The molecule has 0 aliphatic heterocycles. The van der Waals surface area contributed by atoms with Crippen LogP contribution in [0.25, 0.3) is 0 Å². The summed E-state index contributed by atoms with van der Waals surface area (Å²) in [5.74, 6) is -1.73. The van der Waals surface area contributed by atoms with Crippen LogP contribution in [0.4, 0.5) is 10.1 Å². The van der Waals surface area contributed by atoms with Crippen molar-refractivity contribution in [2.24, 2.45) is 0 Å². The van der Waals surface area contributed by atoms with Crippen molar-refractivity contribution in [1.29, 1.82) is 0 Å². The van der Waals surface area contributed by atoms with Crippen LogP contribution in [0.5, 0.6) is 0 Å². The third-order valence-electron chi connectivity index (χ3n) is 2.66. The molecule has 0 aromatic heterocycles. The predicted octanol–water partition coefficient (Wildman–Crippen LogP) is 1.62. The summed E-state index contributed by atoms with van der Waals surface area (Å²) in [6.45, 7) is 1.90. The average molecular weight is 271 g/mol. The third kappa shape index (κ3) is 4.50. The molecule has 0 fully saturated rings. The summed E-state index contributed by atoms with van der Waals surface area (Å²) in [5.41, 5.74) is 0.398. The first kappa shape index (κ1) is 15.4. The summed E-state index contributed by atoms with van der Waals surface area (Å²) in [6, 6.07) is 3.72. The van der Waals surface area contributed by atoms with Crippen LogP contribution in [-0.2, 0) is 9.47 Å². The molecule has 0 amide bonds. The fourth-order valence-electron chi connectivity index (χ4n) is 1.71. The Hall–Kier alpha value is -1.66. The van der Waals surface area contributed by atoms with Crippen molar-refractivity contribution in [1.82, 2.24) is 0 Å². The van der Waals surface area contributed by atoms with E-state index in [4.69, 9.17) is 14.6 Å². The second-order valence-corrected chi connectivity index (χ2v) is 3.94. The molecule has 5 nitrogen and oxygen atoms in total. The standard InChI is InChI=1S/C13H18FNO4/c1-18-7-5-15(6-8-19-2)12-4-3-10(14)9-11(12)13(16)17/h3-4,9H,5-8H2,1-2H3,(H,16,17). The molecule has 6 heteroatoms. The molecule has 0 saturated heterocycles. The van der Waals surface area contributed by atoms with Crippen LogP contribution in [-0.4, -0.2) is 51.6 Å². The second-order valence-electron chi connectivity index (χ2n) is 3.94. The van der Waals surface area contributed by atoms with Gasteiger partial charge in [0.2, 0.25) is 0 Å². The molecule has 0 atom stereocenters. The number of benzene rings is 1. The Morgan fingerprint density at radius 3 is 2.32 bits per heavy atom. The molecule has 0 aliphatic rings. The van der Waals surface area contributed by atoms with E-state index in [9.17, 15) is 9.18 Å². The second kappa shape index (κ2) is 7.70. The maximum atomic E-state index is 13.1. The summed E-state index contributed by atoms with van der Waals surface area (Å²) < 4.78 is 23.1. The summed E-state index contributed by atoms with van der Waals surface area (Å²) >= 11 is 0. The van der Waals surface area contributed by atoms with Crippen molar-refractivity contribution in [2.75, 3.05) is 45.4 Å². The Morgan fingerprint density at radius 2 is 1.84 bits per heavy atom. The molecule has 0 spiro atoms. The van der Waals surface area contributed by atoms with Crippen LogP contribution in [0.1, 0.15) is 10.4 Å².